The standard InChI is InChI=1S/C11H14BrN3O4/c1-13-8(4-12)9(16)15(11(13)19)3-2-14-5-7(6-14)10(17)18/h4,7H,2-3,5-6H2,1H3,(H,17,18)/b8-4-. The van der Waals surface area contributed by atoms with Crippen LogP contribution in [-0.2, 0) is 9.59 Å². The molecule has 0 aromatic rings. The smallest absolute Gasteiger partial charge is 0.331 e. The van der Waals surface area contributed by atoms with E-state index in [1.165, 1.54) is 21.8 Å². The summed E-state index contributed by atoms with van der Waals surface area (Å²) in [6.45, 7) is 1.73. The van der Waals surface area contributed by atoms with E-state index in [0.717, 1.165) is 0 Å². The zero-order chi connectivity index (χ0) is 14.2. The van der Waals surface area contributed by atoms with Crippen LogP contribution in [0.2, 0.25) is 0 Å². The minimum Gasteiger partial charge on any atom is -0.481 e. The Labute approximate surface area is 118 Å². The minimum atomic E-state index is -0.797. The van der Waals surface area contributed by atoms with Crippen molar-refractivity contribution in [3.8, 4) is 0 Å². The van der Waals surface area contributed by atoms with Crippen molar-refractivity contribution < 1.29 is 19.5 Å². The SMILES string of the molecule is CN1C(=O)N(CCN2CC(C(=O)O)C2)C(=O)/C1=C/Br. The number of hydrogen-bond donors (Lipinski definition) is 1. The molecule has 0 aromatic carbocycles. The number of likely N-dealkylation sites (tertiary alicyclic amines) is 1. The number of carboxylic acid groups (broad SMARTS) is 1. The number of carboxylic acids is 1. The van der Waals surface area contributed by atoms with Gasteiger partial charge in [-0.2, -0.15) is 0 Å². The van der Waals surface area contributed by atoms with E-state index in [9.17, 15) is 14.4 Å². The summed E-state index contributed by atoms with van der Waals surface area (Å²) in [6.07, 6.45) is 0. The number of halogens is 1. The Balaban J connectivity index is 1.86. The lowest BCUT2D eigenvalue weighted by atomic mass is 10.0. The first-order valence-electron chi connectivity index (χ1n) is 5.80. The Hall–Kier alpha value is -1.41. The third-order valence-corrected chi connectivity index (χ3v) is 3.83. The molecule has 0 unspecified atom stereocenters. The summed E-state index contributed by atoms with van der Waals surface area (Å²) in [7, 11) is 1.54. The van der Waals surface area contributed by atoms with Crippen LogP contribution in [0.1, 0.15) is 0 Å². The van der Waals surface area contributed by atoms with Crippen LogP contribution in [0, 0.1) is 5.92 Å². The summed E-state index contributed by atoms with van der Waals surface area (Å²) in [5.74, 6) is -1.46. The van der Waals surface area contributed by atoms with Gasteiger partial charge in [0.05, 0.1) is 5.92 Å². The summed E-state index contributed by atoms with van der Waals surface area (Å²) in [4.78, 5) is 40.2. The molecule has 104 valence electrons. The van der Waals surface area contributed by atoms with Crippen molar-refractivity contribution in [3.63, 3.8) is 0 Å². The number of hydrogen-bond acceptors (Lipinski definition) is 4. The quantitative estimate of drug-likeness (QED) is 0.585. The first-order chi connectivity index (χ1) is 8.95. The Kier molecular flexibility index (Phi) is 3.91. The Morgan fingerprint density at radius 1 is 1.42 bits per heavy atom. The summed E-state index contributed by atoms with van der Waals surface area (Å²) < 4.78 is 0. The predicted octanol–water partition coefficient (Wildman–Crippen LogP) is 0.133. The van der Waals surface area contributed by atoms with Crippen molar-refractivity contribution in [2.75, 3.05) is 33.2 Å². The molecule has 7 nitrogen and oxygen atoms in total. The molecule has 3 amide bonds. The number of aliphatic carboxylic acids is 1. The molecule has 2 aliphatic rings. The first kappa shape index (κ1) is 14.0. The van der Waals surface area contributed by atoms with Gasteiger partial charge in [0.1, 0.15) is 5.70 Å². The number of nitrogens with zero attached hydrogens (tertiary/aromatic N) is 3. The minimum absolute atomic E-state index is 0.276. The third kappa shape index (κ3) is 2.50. The summed E-state index contributed by atoms with van der Waals surface area (Å²) in [5.41, 5.74) is 0.303. The molecule has 2 aliphatic heterocycles. The molecule has 0 aliphatic carbocycles. The highest BCUT2D eigenvalue weighted by molar-refractivity contribution is 9.11. The fraction of sp³-hybridized carbons (Fsp3) is 0.545. The lowest BCUT2D eigenvalue weighted by Crippen LogP contribution is -2.52. The molecule has 0 saturated carbocycles. The molecule has 8 heteroatoms. The van der Waals surface area contributed by atoms with Gasteiger partial charge in [-0.25, -0.2) is 4.79 Å². The maximum atomic E-state index is 11.9. The number of imide groups is 1. The van der Waals surface area contributed by atoms with Gasteiger partial charge in [0.15, 0.2) is 0 Å². The largest absolute Gasteiger partial charge is 0.481 e. The second-order valence-electron chi connectivity index (χ2n) is 4.59. The van der Waals surface area contributed by atoms with Crippen LogP contribution in [-0.4, -0.2) is 70.9 Å². The monoisotopic (exact) mass is 331 g/mol. The van der Waals surface area contributed by atoms with Gasteiger partial charge in [-0.15, -0.1) is 0 Å². The van der Waals surface area contributed by atoms with Gasteiger partial charge in [0.2, 0.25) is 0 Å². The van der Waals surface area contributed by atoms with E-state index in [-0.39, 0.29) is 24.4 Å². The Bertz CT molecular complexity index is 459. The van der Waals surface area contributed by atoms with E-state index in [2.05, 4.69) is 15.9 Å². The number of carbonyl (C=O) groups is 3. The van der Waals surface area contributed by atoms with Crippen molar-refractivity contribution in [3.05, 3.63) is 10.7 Å². The van der Waals surface area contributed by atoms with Gasteiger partial charge in [-0.1, -0.05) is 15.9 Å². The van der Waals surface area contributed by atoms with Gasteiger partial charge < -0.3 is 5.11 Å². The summed E-state index contributed by atoms with van der Waals surface area (Å²) in [6, 6.07) is -0.356. The van der Waals surface area contributed by atoms with Crippen molar-refractivity contribution in [2.45, 2.75) is 0 Å². The normalized spacial score (nSPS) is 23.4. The van der Waals surface area contributed by atoms with Crippen LogP contribution >= 0.6 is 15.9 Å². The molecule has 0 atom stereocenters. The van der Waals surface area contributed by atoms with Crippen LogP contribution in [0.25, 0.3) is 0 Å². The molecular weight excluding hydrogens is 318 g/mol. The number of rotatable bonds is 4. The van der Waals surface area contributed by atoms with E-state index < -0.39 is 5.97 Å². The van der Waals surface area contributed by atoms with E-state index in [0.29, 0.717) is 25.3 Å². The van der Waals surface area contributed by atoms with E-state index in [1.54, 1.807) is 0 Å². The number of likely N-dealkylation sites (N-methyl/N-ethyl adjacent to an activating group) is 1. The molecule has 0 aromatic heterocycles. The van der Waals surface area contributed by atoms with Crippen LogP contribution in [0.5, 0.6) is 0 Å². The maximum Gasteiger partial charge on any atom is 0.331 e. The van der Waals surface area contributed by atoms with Crippen LogP contribution in [0.15, 0.2) is 10.7 Å². The Morgan fingerprint density at radius 3 is 2.53 bits per heavy atom. The second-order valence-corrected chi connectivity index (χ2v) is 5.05. The van der Waals surface area contributed by atoms with Crippen molar-refractivity contribution in [1.82, 2.24) is 14.7 Å². The predicted molar refractivity (Wildman–Crippen MR) is 69.4 cm³/mol. The lowest BCUT2D eigenvalue weighted by molar-refractivity contribution is -0.147. The maximum absolute atomic E-state index is 11.9. The van der Waals surface area contributed by atoms with Gasteiger partial charge in [0, 0.05) is 38.2 Å². The van der Waals surface area contributed by atoms with Gasteiger partial charge in [-0.05, 0) is 0 Å². The van der Waals surface area contributed by atoms with Crippen molar-refractivity contribution in [2.24, 2.45) is 5.92 Å². The van der Waals surface area contributed by atoms with Crippen LogP contribution < -0.4 is 0 Å². The summed E-state index contributed by atoms with van der Waals surface area (Å²) in [5, 5.41) is 8.75. The lowest BCUT2D eigenvalue weighted by Gasteiger charge is -2.37. The highest BCUT2D eigenvalue weighted by atomic mass is 79.9. The Morgan fingerprint density at radius 2 is 2.05 bits per heavy atom. The number of carbonyl (C=O) groups excluding carboxylic acids is 2. The highest BCUT2D eigenvalue weighted by Gasteiger charge is 2.39. The van der Waals surface area contributed by atoms with Gasteiger partial charge in [-0.3, -0.25) is 24.3 Å². The van der Waals surface area contributed by atoms with E-state index in [4.69, 9.17) is 5.11 Å². The average molecular weight is 332 g/mol. The van der Waals surface area contributed by atoms with E-state index >= 15 is 0 Å². The van der Waals surface area contributed by atoms with Crippen LogP contribution in [0.3, 0.4) is 0 Å². The molecule has 1 N–H and O–H groups in total. The molecule has 19 heavy (non-hydrogen) atoms. The zero-order valence-corrected chi connectivity index (χ0v) is 12.0. The summed E-state index contributed by atoms with van der Waals surface area (Å²) >= 11 is 3.06. The van der Waals surface area contributed by atoms with Gasteiger partial charge >= 0.3 is 12.0 Å². The second kappa shape index (κ2) is 5.30. The van der Waals surface area contributed by atoms with Gasteiger partial charge in [0.25, 0.3) is 5.91 Å². The molecule has 2 heterocycles. The molecular formula is C11H14BrN3O4. The first-order valence-corrected chi connectivity index (χ1v) is 6.72. The fourth-order valence-corrected chi connectivity index (χ4v) is 2.62. The van der Waals surface area contributed by atoms with E-state index in [1.807, 2.05) is 4.90 Å². The highest BCUT2D eigenvalue weighted by Crippen LogP contribution is 2.21. The number of amides is 3. The third-order valence-electron chi connectivity index (χ3n) is 3.39. The molecule has 2 saturated heterocycles. The molecule has 2 rings (SSSR count). The number of urea groups is 1. The molecule has 2 fully saturated rings. The van der Waals surface area contributed by atoms with Crippen molar-refractivity contribution >= 4 is 33.8 Å². The zero-order valence-electron chi connectivity index (χ0n) is 10.4. The molecule has 0 bridgehead atoms. The average Bonchev–Trinajstić information content (AvgIpc) is 2.49. The fourth-order valence-electron chi connectivity index (χ4n) is 2.12. The molecule has 0 spiro atoms. The topological polar surface area (TPSA) is 81.2 Å². The molecule has 0 radical (unpaired) electrons. The van der Waals surface area contributed by atoms with Crippen LogP contribution in [0.4, 0.5) is 4.79 Å². The van der Waals surface area contributed by atoms with Crippen molar-refractivity contribution in [1.29, 1.82) is 0 Å².